The number of methoxy groups -OCH3 is 1. The first-order valence-electron chi connectivity index (χ1n) is 7.77. The molecule has 6 nitrogen and oxygen atoms in total. The number of benzene rings is 2. The maximum atomic E-state index is 12.4. The third-order valence-corrected chi connectivity index (χ3v) is 4.80. The van der Waals surface area contributed by atoms with E-state index in [-0.39, 0.29) is 12.4 Å². The molecule has 0 amide bonds. The fourth-order valence-electron chi connectivity index (χ4n) is 2.57. The second-order valence-corrected chi connectivity index (χ2v) is 6.57. The summed E-state index contributed by atoms with van der Waals surface area (Å²) in [7, 11) is 1.41. The van der Waals surface area contributed by atoms with Crippen LogP contribution in [0.25, 0.3) is 31.8 Å². The summed E-state index contributed by atoms with van der Waals surface area (Å²) in [5, 5.41) is 1.32. The Morgan fingerprint density at radius 2 is 2.04 bits per heavy atom. The summed E-state index contributed by atoms with van der Waals surface area (Å²) >= 11 is 1.44. The molecule has 0 atom stereocenters. The van der Waals surface area contributed by atoms with Gasteiger partial charge in [0.25, 0.3) is 0 Å². The van der Waals surface area contributed by atoms with Crippen LogP contribution < -0.4 is 10.4 Å². The Morgan fingerprint density at radius 1 is 1.19 bits per heavy atom. The minimum atomic E-state index is -0.528. The van der Waals surface area contributed by atoms with Crippen LogP contribution in [0.1, 0.15) is 0 Å². The zero-order chi connectivity index (χ0) is 18.1. The molecule has 0 radical (unpaired) electrons. The molecule has 0 aliphatic rings. The number of aromatic nitrogens is 1. The monoisotopic (exact) mass is 367 g/mol. The normalized spacial score (nSPS) is 11.1. The molecule has 4 aromatic rings. The number of hydrogen-bond donors (Lipinski definition) is 0. The highest BCUT2D eigenvalue weighted by molar-refractivity contribution is 7.21. The second-order valence-electron chi connectivity index (χ2n) is 5.54. The molecule has 2 aromatic heterocycles. The van der Waals surface area contributed by atoms with Crippen molar-refractivity contribution in [2.24, 2.45) is 0 Å². The fourth-order valence-corrected chi connectivity index (χ4v) is 3.54. The molecular weight excluding hydrogens is 354 g/mol. The lowest BCUT2D eigenvalue weighted by atomic mass is 10.2. The van der Waals surface area contributed by atoms with Crippen molar-refractivity contribution in [2.75, 3.05) is 13.7 Å². The van der Waals surface area contributed by atoms with E-state index in [9.17, 15) is 9.59 Å². The number of hydrogen-bond acceptors (Lipinski definition) is 7. The lowest BCUT2D eigenvalue weighted by Crippen LogP contribution is -2.14. The van der Waals surface area contributed by atoms with Gasteiger partial charge in [-0.15, -0.1) is 11.3 Å². The van der Waals surface area contributed by atoms with Crippen LogP contribution in [0.3, 0.4) is 0 Å². The minimum absolute atomic E-state index is 0.154. The predicted molar refractivity (Wildman–Crippen MR) is 98.6 cm³/mol. The Kier molecular flexibility index (Phi) is 4.24. The highest BCUT2D eigenvalue weighted by Crippen LogP contribution is 2.30. The highest BCUT2D eigenvalue weighted by atomic mass is 32.1. The Bertz CT molecular complexity index is 1140. The average Bonchev–Trinajstić information content (AvgIpc) is 3.05. The summed E-state index contributed by atoms with van der Waals surface area (Å²) in [5.41, 5.74) is 1.09. The van der Waals surface area contributed by atoms with Crippen molar-refractivity contribution in [2.45, 2.75) is 0 Å². The lowest BCUT2D eigenvalue weighted by Gasteiger charge is -2.05. The summed E-state index contributed by atoms with van der Waals surface area (Å²) in [6, 6.07) is 14.3. The fraction of sp³-hybridized carbons (Fsp3) is 0.105. The SMILES string of the molecule is COCC(=O)Oc1ccc2cc(-c3nc4ccccc4s3)c(=O)oc2c1. The van der Waals surface area contributed by atoms with Gasteiger partial charge in [0, 0.05) is 18.6 Å². The van der Waals surface area contributed by atoms with Gasteiger partial charge in [-0.05, 0) is 30.3 Å². The van der Waals surface area contributed by atoms with Crippen LogP contribution in [0.5, 0.6) is 5.75 Å². The molecule has 0 saturated heterocycles. The van der Waals surface area contributed by atoms with Gasteiger partial charge in [-0.25, -0.2) is 14.6 Å². The number of fused-ring (bicyclic) bond motifs is 2. The van der Waals surface area contributed by atoms with Crippen molar-refractivity contribution in [1.82, 2.24) is 4.98 Å². The number of ether oxygens (including phenoxy) is 2. The number of rotatable bonds is 4. The van der Waals surface area contributed by atoms with Crippen LogP contribution in [0.2, 0.25) is 0 Å². The van der Waals surface area contributed by atoms with E-state index in [2.05, 4.69) is 4.98 Å². The van der Waals surface area contributed by atoms with Gasteiger partial charge in [0.15, 0.2) is 0 Å². The van der Waals surface area contributed by atoms with Crippen molar-refractivity contribution in [3.05, 3.63) is 59.0 Å². The van der Waals surface area contributed by atoms with Gasteiger partial charge in [0.1, 0.15) is 22.9 Å². The lowest BCUT2D eigenvalue weighted by molar-refractivity contribution is -0.138. The summed E-state index contributed by atoms with van der Waals surface area (Å²) < 4.78 is 16.3. The topological polar surface area (TPSA) is 78.6 Å². The molecule has 0 bridgehead atoms. The predicted octanol–water partition coefficient (Wildman–Crippen LogP) is 3.62. The molecule has 0 saturated carbocycles. The van der Waals surface area contributed by atoms with Crippen molar-refractivity contribution in [3.63, 3.8) is 0 Å². The Balaban J connectivity index is 1.74. The van der Waals surface area contributed by atoms with Crippen LogP contribution in [0.4, 0.5) is 0 Å². The largest absolute Gasteiger partial charge is 0.425 e. The molecule has 0 unspecified atom stereocenters. The number of para-hydroxylation sites is 1. The maximum Gasteiger partial charge on any atom is 0.346 e. The third kappa shape index (κ3) is 3.10. The molecule has 0 aliphatic carbocycles. The molecule has 130 valence electrons. The molecule has 0 aliphatic heterocycles. The first kappa shape index (κ1) is 16.4. The van der Waals surface area contributed by atoms with Crippen LogP contribution in [0, 0.1) is 0 Å². The van der Waals surface area contributed by atoms with E-state index in [0.29, 0.717) is 21.5 Å². The van der Waals surface area contributed by atoms with E-state index >= 15 is 0 Å². The zero-order valence-electron chi connectivity index (χ0n) is 13.7. The van der Waals surface area contributed by atoms with Gasteiger partial charge in [-0.1, -0.05) is 12.1 Å². The van der Waals surface area contributed by atoms with Crippen molar-refractivity contribution >= 4 is 38.5 Å². The van der Waals surface area contributed by atoms with Crippen molar-refractivity contribution in [1.29, 1.82) is 0 Å². The number of esters is 1. The molecule has 26 heavy (non-hydrogen) atoms. The number of nitrogens with zero attached hydrogens (tertiary/aromatic N) is 1. The van der Waals surface area contributed by atoms with Crippen LogP contribution >= 0.6 is 11.3 Å². The van der Waals surface area contributed by atoms with Crippen LogP contribution in [-0.2, 0) is 9.53 Å². The van der Waals surface area contributed by atoms with Gasteiger partial charge >= 0.3 is 11.6 Å². The molecule has 2 heterocycles. The number of carbonyl (C=O) groups excluding carboxylic acids is 1. The maximum absolute atomic E-state index is 12.4. The first-order valence-corrected chi connectivity index (χ1v) is 8.59. The molecular formula is C19H13NO5S. The second kappa shape index (κ2) is 6.70. The van der Waals surface area contributed by atoms with Gasteiger partial charge in [0.05, 0.1) is 15.8 Å². The van der Waals surface area contributed by atoms with Gasteiger partial charge in [-0.2, -0.15) is 0 Å². The van der Waals surface area contributed by atoms with E-state index in [0.717, 1.165) is 10.2 Å². The quantitative estimate of drug-likeness (QED) is 0.311. The summed E-state index contributed by atoms with van der Waals surface area (Å²) in [4.78, 5) is 28.4. The molecule has 4 rings (SSSR count). The number of thiazole rings is 1. The van der Waals surface area contributed by atoms with E-state index in [4.69, 9.17) is 13.9 Å². The van der Waals surface area contributed by atoms with Crippen molar-refractivity contribution in [3.8, 4) is 16.3 Å². The van der Waals surface area contributed by atoms with E-state index in [1.54, 1.807) is 18.2 Å². The molecule has 0 spiro atoms. The standard InChI is InChI=1S/C19H13NO5S/c1-23-10-17(21)24-12-7-6-11-8-13(19(22)25-15(11)9-12)18-20-14-4-2-3-5-16(14)26-18/h2-9H,10H2,1H3. The Hall–Kier alpha value is -3.03. The van der Waals surface area contributed by atoms with Crippen molar-refractivity contribution < 1.29 is 18.7 Å². The summed E-state index contributed by atoms with van der Waals surface area (Å²) in [6.07, 6.45) is 0. The Labute approximate surface area is 151 Å². The molecule has 0 fully saturated rings. The molecule has 7 heteroatoms. The van der Waals surface area contributed by atoms with Gasteiger partial charge < -0.3 is 13.9 Å². The zero-order valence-corrected chi connectivity index (χ0v) is 14.5. The van der Waals surface area contributed by atoms with Gasteiger partial charge in [-0.3, -0.25) is 0 Å². The van der Waals surface area contributed by atoms with Gasteiger partial charge in [0.2, 0.25) is 0 Å². The molecule has 2 aromatic carbocycles. The minimum Gasteiger partial charge on any atom is -0.425 e. The van der Waals surface area contributed by atoms with E-state index in [1.807, 2.05) is 24.3 Å². The van der Waals surface area contributed by atoms with Crippen LogP contribution in [-0.4, -0.2) is 24.7 Å². The van der Waals surface area contributed by atoms with E-state index in [1.165, 1.54) is 24.5 Å². The third-order valence-electron chi connectivity index (χ3n) is 3.73. The summed E-state index contributed by atoms with van der Waals surface area (Å²) in [5.74, 6) is -0.240. The summed E-state index contributed by atoms with van der Waals surface area (Å²) in [6.45, 7) is -0.154. The number of carbonyl (C=O) groups is 1. The highest BCUT2D eigenvalue weighted by Gasteiger charge is 2.13. The average molecular weight is 367 g/mol. The van der Waals surface area contributed by atoms with Crippen LogP contribution in [0.15, 0.2) is 57.7 Å². The smallest absolute Gasteiger partial charge is 0.346 e. The van der Waals surface area contributed by atoms with E-state index < -0.39 is 11.6 Å². The Morgan fingerprint density at radius 3 is 2.85 bits per heavy atom. The first-order chi connectivity index (χ1) is 12.6. The molecule has 0 N–H and O–H groups in total.